The molecule has 2 rings (SSSR count). The van der Waals surface area contributed by atoms with Gasteiger partial charge in [-0.2, -0.15) is 0 Å². The highest BCUT2D eigenvalue weighted by Gasteiger charge is 2.28. The fourth-order valence-electron chi connectivity index (χ4n) is 1.83. The van der Waals surface area contributed by atoms with Gasteiger partial charge in [0.1, 0.15) is 11.3 Å². The van der Waals surface area contributed by atoms with Gasteiger partial charge in [-0.3, -0.25) is 14.9 Å². The smallest absolute Gasteiger partial charge is 0.345 e. The van der Waals surface area contributed by atoms with Gasteiger partial charge in [0.05, 0.1) is 17.2 Å². The molecule has 10 nitrogen and oxygen atoms in total. The van der Waals surface area contributed by atoms with Crippen LogP contribution in [0, 0.1) is 10.1 Å². The zero-order valence-electron chi connectivity index (χ0n) is 12.0. The number of hydrogen-bond acceptors (Lipinski definition) is 8. The predicted octanol–water partition coefficient (Wildman–Crippen LogP) is 0.646. The molecular weight excluding hydrogens is 312 g/mol. The Morgan fingerprint density at radius 3 is 2.78 bits per heavy atom. The standard InChI is InChI=1S/C13H12N2O8/c1-2-21-12(17)6-23-13(18)7-3-10-8(4-9(7)15(19)20)14-11(16)5-22-10/h3-4H,2,5-6H2,1H3,(H,14,16). The first-order valence-corrected chi connectivity index (χ1v) is 6.50. The molecule has 1 aromatic rings. The average Bonchev–Trinajstić information content (AvgIpc) is 2.51. The van der Waals surface area contributed by atoms with Crippen molar-refractivity contribution >= 4 is 29.2 Å². The number of carbonyl (C=O) groups excluding carboxylic acids is 3. The molecule has 10 heteroatoms. The molecule has 0 fully saturated rings. The van der Waals surface area contributed by atoms with E-state index < -0.39 is 40.6 Å². The van der Waals surface area contributed by atoms with Gasteiger partial charge < -0.3 is 19.5 Å². The number of esters is 2. The van der Waals surface area contributed by atoms with Gasteiger partial charge in [0.2, 0.25) is 0 Å². The number of amides is 1. The SMILES string of the molecule is CCOC(=O)COC(=O)c1cc2c(cc1[N+](=O)[O-])NC(=O)CO2. The van der Waals surface area contributed by atoms with Crippen LogP contribution in [0.4, 0.5) is 11.4 Å². The lowest BCUT2D eigenvalue weighted by atomic mass is 10.1. The van der Waals surface area contributed by atoms with Gasteiger partial charge in [-0.25, -0.2) is 9.59 Å². The molecule has 1 N–H and O–H groups in total. The number of nitrogens with zero attached hydrogens (tertiary/aromatic N) is 1. The van der Waals surface area contributed by atoms with Crippen LogP contribution in [0.2, 0.25) is 0 Å². The van der Waals surface area contributed by atoms with Gasteiger partial charge in [0, 0.05) is 12.1 Å². The van der Waals surface area contributed by atoms with Crippen molar-refractivity contribution in [3.05, 3.63) is 27.8 Å². The van der Waals surface area contributed by atoms with E-state index in [9.17, 15) is 24.5 Å². The van der Waals surface area contributed by atoms with E-state index in [1.165, 1.54) is 0 Å². The van der Waals surface area contributed by atoms with E-state index in [4.69, 9.17) is 4.74 Å². The number of carbonyl (C=O) groups is 3. The van der Waals surface area contributed by atoms with Crippen LogP contribution >= 0.6 is 0 Å². The number of anilines is 1. The second-order valence-corrected chi connectivity index (χ2v) is 4.34. The van der Waals surface area contributed by atoms with Crippen LogP contribution in [-0.2, 0) is 19.1 Å². The summed E-state index contributed by atoms with van der Waals surface area (Å²) in [5.41, 5.74) is -0.896. The summed E-state index contributed by atoms with van der Waals surface area (Å²) in [4.78, 5) is 44.6. The highest BCUT2D eigenvalue weighted by atomic mass is 16.6. The minimum absolute atomic E-state index is 0.0786. The Morgan fingerprint density at radius 2 is 2.13 bits per heavy atom. The van der Waals surface area contributed by atoms with E-state index in [0.717, 1.165) is 12.1 Å². The predicted molar refractivity (Wildman–Crippen MR) is 74.1 cm³/mol. The van der Waals surface area contributed by atoms with Crippen LogP contribution in [0.15, 0.2) is 12.1 Å². The summed E-state index contributed by atoms with van der Waals surface area (Å²) in [5.74, 6) is -2.22. The van der Waals surface area contributed by atoms with E-state index in [0.29, 0.717) is 0 Å². The summed E-state index contributed by atoms with van der Waals surface area (Å²) >= 11 is 0. The second kappa shape index (κ2) is 6.73. The first kappa shape index (κ1) is 16.2. The van der Waals surface area contributed by atoms with Crippen molar-refractivity contribution in [3.8, 4) is 5.75 Å². The maximum absolute atomic E-state index is 12.0. The molecule has 0 atom stereocenters. The lowest BCUT2D eigenvalue weighted by molar-refractivity contribution is -0.385. The zero-order valence-corrected chi connectivity index (χ0v) is 12.0. The molecule has 0 saturated heterocycles. The van der Waals surface area contributed by atoms with Crippen molar-refractivity contribution in [3.63, 3.8) is 0 Å². The number of rotatable bonds is 5. The summed E-state index contributed by atoms with van der Waals surface area (Å²) in [6, 6.07) is 2.08. The maximum atomic E-state index is 12.0. The number of benzene rings is 1. The van der Waals surface area contributed by atoms with Crippen molar-refractivity contribution in [1.29, 1.82) is 0 Å². The first-order chi connectivity index (χ1) is 10.9. The van der Waals surface area contributed by atoms with Crippen molar-refractivity contribution < 1.29 is 33.5 Å². The van der Waals surface area contributed by atoms with E-state index >= 15 is 0 Å². The third-order valence-electron chi connectivity index (χ3n) is 2.77. The summed E-state index contributed by atoms with van der Waals surface area (Å²) in [6.07, 6.45) is 0. The number of nitro benzene ring substituents is 1. The Balaban J connectivity index is 2.26. The van der Waals surface area contributed by atoms with Crippen molar-refractivity contribution in [2.75, 3.05) is 25.1 Å². The number of nitro groups is 1. The summed E-state index contributed by atoms with van der Waals surface area (Å²) < 4.78 is 14.4. The number of nitrogens with one attached hydrogen (secondary N) is 1. The molecule has 1 amide bonds. The molecule has 0 spiro atoms. The minimum Gasteiger partial charge on any atom is -0.482 e. The van der Waals surface area contributed by atoms with Gasteiger partial charge in [-0.15, -0.1) is 0 Å². The fraction of sp³-hybridized carbons (Fsp3) is 0.308. The molecule has 0 aromatic heterocycles. The molecule has 23 heavy (non-hydrogen) atoms. The van der Waals surface area contributed by atoms with Crippen LogP contribution in [0.25, 0.3) is 0 Å². The maximum Gasteiger partial charge on any atom is 0.345 e. The van der Waals surface area contributed by atoms with E-state index in [1.54, 1.807) is 6.92 Å². The number of hydrogen-bond donors (Lipinski definition) is 1. The molecule has 0 saturated carbocycles. The molecule has 1 aliphatic heterocycles. The minimum atomic E-state index is -1.08. The Hall–Kier alpha value is -3.17. The van der Waals surface area contributed by atoms with Crippen LogP contribution in [0.1, 0.15) is 17.3 Å². The molecule has 0 radical (unpaired) electrons. The van der Waals surface area contributed by atoms with Crippen LogP contribution in [0.3, 0.4) is 0 Å². The van der Waals surface area contributed by atoms with Gasteiger partial charge in [-0.1, -0.05) is 0 Å². The molecule has 1 aromatic carbocycles. The normalized spacial score (nSPS) is 12.5. The lowest BCUT2D eigenvalue weighted by Crippen LogP contribution is -2.26. The number of ether oxygens (including phenoxy) is 3. The van der Waals surface area contributed by atoms with Crippen LogP contribution in [0.5, 0.6) is 5.75 Å². The van der Waals surface area contributed by atoms with Gasteiger partial charge in [0.15, 0.2) is 13.2 Å². The third-order valence-corrected chi connectivity index (χ3v) is 2.77. The molecule has 0 bridgehead atoms. The largest absolute Gasteiger partial charge is 0.482 e. The molecule has 122 valence electrons. The summed E-state index contributed by atoms with van der Waals surface area (Å²) in [5, 5.41) is 13.5. The second-order valence-electron chi connectivity index (χ2n) is 4.34. The average molecular weight is 324 g/mol. The van der Waals surface area contributed by atoms with E-state index in [-0.39, 0.29) is 24.7 Å². The lowest BCUT2D eigenvalue weighted by Gasteiger charge is -2.18. The van der Waals surface area contributed by atoms with Gasteiger partial charge in [0.25, 0.3) is 11.6 Å². The van der Waals surface area contributed by atoms with Gasteiger partial charge >= 0.3 is 11.9 Å². The van der Waals surface area contributed by atoms with Crippen molar-refractivity contribution in [2.45, 2.75) is 6.92 Å². The highest BCUT2D eigenvalue weighted by molar-refractivity contribution is 6.00. The first-order valence-electron chi connectivity index (χ1n) is 6.50. The molecule has 1 aliphatic rings. The topological polar surface area (TPSA) is 134 Å². The Morgan fingerprint density at radius 1 is 1.39 bits per heavy atom. The van der Waals surface area contributed by atoms with Crippen LogP contribution < -0.4 is 10.1 Å². The highest BCUT2D eigenvalue weighted by Crippen LogP contribution is 2.35. The van der Waals surface area contributed by atoms with Gasteiger partial charge in [-0.05, 0) is 6.92 Å². The molecule has 1 heterocycles. The van der Waals surface area contributed by atoms with E-state index in [1.807, 2.05) is 0 Å². The zero-order chi connectivity index (χ0) is 17.0. The third kappa shape index (κ3) is 3.73. The molecular formula is C13H12N2O8. The quantitative estimate of drug-likeness (QED) is 0.474. The Labute approximate surface area is 129 Å². The van der Waals surface area contributed by atoms with E-state index in [2.05, 4.69) is 14.8 Å². The summed E-state index contributed by atoms with van der Waals surface area (Å²) in [7, 11) is 0. The fourth-order valence-corrected chi connectivity index (χ4v) is 1.83. The van der Waals surface area contributed by atoms with Crippen molar-refractivity contribution in [2.24, 2.45) is 0 Å². The Kier molecular flexibility index (Phi) is 4.74. The monoisotopic (exact) mass is 324 g/mol. The number of fused-ring (bicyclic) bond motifs is 1. The van der Waals surface area contributed by atoms with Crippen molar-refractivity contribution in [1.82, 2.24) is 0 Å². The molecule has 0 aliphatic carbocycles. The summed E-state index contributed by atoms with van der Waals surface area (Å²) in [6.45, 7) is 0.753. The molecule has 0 unspecified atom stereocenters. The van der Waals surface area contributed by atoms with Crippen LogP contribution in [-0.4, -0.2) is 42.6 Å². The Bertz CT molecular complexity index is 685.